The highest BCUT2D eigenvalue weighted by atomic mass is 79.9. The Bertz CT molecular complexity index is 396. The number of nitrogens with two attached hydrogens (primary N) is 1. The Morgan fingerprint density at radius 1 is 1.55 bits per heavy atom. The second kappa shape index (κ2) is 2.46. The van der Waals surface area contributed by atoms with Crippen LogP contribution in [0, 0.1) is 0 Å². The van der Waals surface area contributed by atoms with E-state index in [0.29, 0.717) is 0 Å². The minimum atomic E-state index is 0.790. The summed E-state index contributed by atoms with van der Waals surface area (Å²) in [5, 5.41) is 0.790. The summed E-state index contributed by atoms with van der Waals surface area (Å²) < 4.78 is 2.04. The van der Waals surface area contributed by atoms with E-state index in [1.165, 1.54) is 0 Å². The fourth-order valence-electron chi connectivity index (χ4n) is 0.918. The number of nitrogens with zero attached hydrogens (tertiary/aromatic N) is 1. The zero-order valence-electron chi connectivity index (χ0n) is 5.54. The summed E-state index contributed by atoms with van der Waals surface area (Å²) in [6.07, 6.45) is 1.76. The van der Waals surface area contributed by atoms with Crippen molar-refractivity contribution in [2.24, 2.45) is 0 Å². The first-order valence-electron chi connectivity index (χ1n) is 3.07. The molecule has 2 aromatic rings. The Morgan fingerprint density at radius 2 is 2.36 bits per heavy atom. The fourth-order valence-corrected chi connectivity index (χ4v) is 2.43. The number of fused-ring (bicyclic) bond motifs is 1. The van der Waals surface area contributed by atoms with Crippen LogP contribution in [0.5, 0.6) is 0 Å². The molecule has 0 aliphatic rings. The number of halogens is 1. The van der Waals surface area contributed by atoms with Crippen LogP contribution in [0.3, 0.4) is 0 Å². The largest absolute Gasteiger partial charge is 0.390 e. The zero-order valence-corrected chi connectivity index (χ0v) is 7.95. The van der Waals surface area contributed by atoms with Crippen molar-refractivity contribution in [3.63, 3.8) is 0 Å². The third-order valence-corrected chi connectivity index (χ3v) is 3.45. The minimum absolute atomic E-state index is 0.790. The number of nitrogen functional groups attached to an aromatic ring is 1. The van der Waals surface area contributed by atoms with Gasteiger partial charge in [0.05, 0.1) is 14.7 Å². The van der Waals surface area contributed by atoms with Crippen molar-refractivity contribution < 1.29 is 0 Å². The molecule has 2 N–H and O–H groups in total. The molecule has 0 spiro atoms. The molecule has 0 saturated carbocycles. The normalized spacial score (nSPS) is 10.6. The van der Waals surface area contributed by atoms with Gasteiger partial charge >= 0.3 is 0 Å². The first-order chi connectivity index (χ1) is 5.29. The third kappa shape index (κ3) is 1.02. The molecule has 0 unspecified atom stereocenters. The molecule has 2 rings (SSSR count). The van der Waals surface area contributed by atoms with E-state index >= 15 is 0 Å². The lowest BCUT2D eigenvalue weighted by atomic mass is 10.4. The van der Waals surface area contributed by atoms with Crippen LogP contribution in [0.15, 0.2) is 22.8 Å². The fraction of sp³-hybridized carbons (Fsp3) is 0. The summed E-state index contributed by atoms with van der Waals surface area (Å²) >= 11 is 4.92. The Labute approximate surface area is 76.2 Å². The SMILES string of the molecule is Nc1sc2cccnc2c1Br. The van der Waals surface area contributed by atoms with Gasteiger partial charge in [0, 0.05) is 6.20 Å². The van der Waals surface area contributed by atoms with Crippen LogP contribution in [0.1, 0.15) is 0 Å². The van der Waals surface area contributed by atoms with Gasteiger partial charge in [0.2, 0.25) is 0 Å². The molecule has 0 radical (unpaired) electrons. The standard InChI is InChI=1S/C7H5BrN2S/c8-5-6-4(11-7(5)9)2-1-3-10-6/h1-3H,9H2. The van der Waals surface area contributed by atoms with E-state index in [-0.39, 0.29) is 0 Å². The van der Waals surface area contributed by atoms with Crippen LogP contribution in [-0.4, -0.2) is 4.98 Å². The molecule has 2 nitrogen and oxygen atoms in total. The summed E-state index contributed by atoms with van der Waals surface area (Å²) in [5.74, 6) is 0. The van der Waals surface area contributed by atoms with Gasteiger partial charge in [0.1, 0.15) is 5.00 Å². The van der Waals surface area contributed by atoms with Crippen molar-refractivity contribution in [1.82, 2.24) is 4.98 Å². The van der Waals surface area contributed by atoms with Crippen LogP contribution in [0.25, 0.3) is 10.2 Å². The van der Waals surface area contributed by atoms with Crippen molar-refractivity contribution in [2.75, 3.05) is 5.73 Å². The lowest BCUT2D eigenvalue weighted by Crippen LogP contribution is -1.77. The molecule has 0 bridgehead atoms. The van der Waals surface area contributed by atoms with Gasteiger partial charge in [-0.3, -0.25) is 4.98 Å². The van der Waals surface area contributed by atoms with Crippen molar-refractivity contribution >= 4 is 42.5 Å². The van der Waals surface area contributed by atoms with Crippen molar-refractivity contribution in [1.29, 1.82) is 0 Å². The molecule has 2 aromatic heterocycles. The molecule has 0 aromatic carbocycles. The van der Waals surface area contributed by atoms with Gasteiger partial charge < -0.3 is 5.73 Å². The average Bonchev–Trinajstić information content (AvgIpc) is 2.30. The Kier molecular flexibility index (Phi) is 1.58. The third-order valence-electron chi connectivity index (χ3n) is 1.41. The maximum atomic E-state index is 5.68. The van der Waals surface area contributed by atoms with E-state index < -0.39 is 0 Å². The molecular weight excluding hydrogens is 224 g/mol. The van der Waals surface area contributed by atoms with E-state index in [1.807, 2.05) is 12.1 Å². The maximum absolute atomic E-state index is 5.68. The van der Waals surface area contributed by atoms with E-state index in [0.717, 1.165) is 19.7 Å². The Hall–Kier alpha value is -0.610. The average molecular weight is 229 g/mol. The van der Waals surface area contributed by atoms with Gasteiger partial charge in [-0.05, 0) is 28.1 Å². The molecule has 0 fully saturated rings. The molecule has 11 heavy (non-hydrogen) atoms. The van der Waals surface area contributed by atoms with Gasteiger partial charge in [0.25, 0.3) is 0 Å². The number of hydrogen-bond acceptors (Lipinski definition) is 3. The highest BCUT2D eigenvalue weighted by Crippen LogP contribution is 2.35. The predicted molar refractivity (Wildman–Crippen MR) is 51.7 cm³/mol. The first-order valence-corrected chi connectivity index (χ1v) is 4.68. The van der Waals surface area contributed by atoms with Crippen LogP contribution in [-0.2, 0) is 0 Å². The predicted octanol–water partition coefficient (Wildman–Crippen LogP) is 2.64. The monoisotopic (exact) mass is 228 g/mol. The van der Waals surface area contributed by atoms with Crippen molar-refractivity contribution in [3.8, 4) is 0 Å². The van der Waals surface area contributed by atoms with Gasteiger partial charge in [-0.1, -0.05) is 0 Å². The summed E-state index contributed by atoms with van der Waals surface area (Å²) in [6, 6.07) is 3.92. The lowest BCUT2D eigenvalue weighted by Gasteiger charge is -1.85. The van der Waals surface area contributed by atoms with Crippen LogP contribution in [0.4, 0.5) is 5.00 Å². The highest BCUT2D eigenvalue weighted by Gasteiger charge is 2.05. The van der Waals surface area contributed by atoms with E-state index in [9.17, 15) is 0 Å². The summed E-state index contributed by atoms with van der Waals surface area (Å²) in [7, 11) is 0. The van der Waals surface area contributed by atoms with Crippen LogP contribution >= 0.6 is 27.3 Å². The van der Waals surface area contributed by atoms with Gasteiger partial charge in [0.15, 0.2) is 0 Å². The second-order valence-electron chi connectivity index (χ2n) is 2.13. The molecule has 0 aliphatic carbocycles. The molecule has 56 valence electrons. The van der Waals surface area contributed by atoms with Crippen molar-refractivity contribution in [3.05, 3.63) is 22.8 Å². The van der Waals surface area contributed by atoms with Crippen LogP contribution < -0.4 is 5.73 Å². The number of aromatic nitrogens is 1. The van der Waals surface area contributed by atoms with Crippen molar-refractivity contribution in [2.45, 2.75) is 0 Å². The molecule has 2 heterocycles. The molecule has 0 atom stereocenters. The Balaban J connectivity index is 2.92. The molecule has 0 saturated heterocycles. The molecule has 0 amide bonds. The second-order valence-corrected chi connectivity index (χ2v) is 4.01. The lowest BCUT2D eigenvalue weighted by molar-refractivity contribution is 1.42. The topological polar surface area (TPSA) is 38.9 Å². The first kappa shape index (κ1) is 7.06. The number of pyridine rings is 1. The summed E-state index contributed by atoms with van der Waals surface area (Å²) in [5.41, 5.74) is 6.64. The van der Waals surface area contributed by atoms with E-state index in [2.05, 4.69) is 20.9 Å². The summed E-state index contributed by atoms with van der Waals surface area (Å²) in [6.45, 7) is 0. The number of hydrogen-bond donors (Lipinski definition) is 1. The maximum Gasteiger partial charge on any atom is 0.103 e. The quantitative estimate of drug-likeness (QED) is 0.754. The zero-order chi connectivity index (χ0) is 7.84. The molecule has 4 heteroatoms. The van der Waals surface area contributed by atoms with Gasteiger partial charge in [-0.25, -0.2) is 0 Å². The summed E-state index contributed by atoms with van der Waals surface area (Å²) in [4.78, 5) is 4.19. The van der Waals surface area contributed by atoms with Gasteiger partial charge in [-0.2, -0.15) is 0 Å². The van der Waals surface area contributed by atoms with E-state index in [4.69, 9.17) is 5.73 Å². The molecule has 0 aliphatic heterocycles. The highest BCUT2D eigenvalue weighted by molar-refractivity contribution is 9.10. The number of rotatable bonds is 0. The van der Waals surface area contributed by atoms with E-state index in [1.54, 1.807) is 17.5 Å². The Morgan fingerprint density at radius 3 is 3.09 bits per heavy atom. The smallest absolute Gasteiger partial charge is 0.103 e. The van der Waals surface area contributed by atoms with Gasteiger partial charge in [-0.15, -0.1) is 11.3 Å². The molecular formula is C7H5BrN2S. The number of anilines is 1. The van der Waals surface area contributed by atoms with Crippen LogP contribution in [0.2, 0.25) is 0 Å². The minimum Gasteiger partial charge on any atom is -0.390 e. The number of thiophene rings is 1.